The van der Waals surface area contributed by atoms with Gasteiger partial charge in [0.2, 0.25) is 5.78 Å². The highest BCUT2D eigenvalue weighted by Gasteiger charge is 2.41. The molecule has 1 aromatic carbocycles. The first-order valence-corrected chi connectivity index (χ1v) is 10.00. The van der Waals surface area contributed by atoms with Crippen LogP contribution in [0.4, 0.5) is 0 Å². The highest BCUT2D eigenvalue weighted by Crippen LogP contribution is 2.25. The lowest BCUT2D eigenvalue weighted by molar-refractivity contribution is -0.146. The molecule has 1 aliphatic heterocycles. The van der Waals surface area contributed by atoms with Gasteiger partial charge in [-0.25, -0.2) is 4.79 Å². The highest BCUT2D eigenvalue weighted by molar-refractivity contribution is 6.22. The summed E-state index contributed by atoms with van der Waals surface area (Å²) >= 11 is 0. The van der Waals surface area contributed by atoms with Crippen LogP contribution >= 0.6 is 0 Å². The number of imide groups is 1. The minimum atomic E-state index is -1.17. The van der Waals surface area contributed by atoms with E-state index in [1.807, 2.05) is 6.92 Å². The second kappa shape index (κ2) is 7.92. The average molecular weight is 435 g/mol. The normalized spacial score (nSPS) is 13.9. The number of carbonyl (C=O) groups excluding carboxylic acids is 4. The Morgan fingerprint density at radius 3 is 2.25 bits per heavy atom. The molecule has 4 rings (SSSR count). The Hall–Kier alpha value is -4.01. The second-order valence-electron chi connectivity index (χ2n) is 7.65. The van der Waals surface area contributed by atoms with Gasteiger partial charge in [-0.15, -0.1) is 0 Å². The quantitative estimate of drug-likeness (QED) is 0.332. The predicted octanol–water partition coefficient (Wildman–Crippen LogP) is 2.80. The zero-order valence-corrected chi connectivity index (χ0v) is 18.0. The van der Waals surface area contributed by atoms with Crippen molar-refractivity contribution in [2.45, 2.75) is 33.7 Å². The number of aryl methyl sites for hydroxylation is 2. The third-order valence-electron chi connectivity index (χ3n) is 5.48. The number of fused-ring (bicyclic) bond motifs is 1. The average Bonchev–Trinajstić information content (AvgIpc) is 3.40. The lowest BCUT2D eigenvalue weighted by Gasteiger charge is -2.20. The molecule has 9 nitrogen and oxygen atoms in total. The first-order chi connectivity index (χ1) is 15.2. The number of rotatable bonds is 6. The third kappa shape index (κ3) is 3.41. The SMILES string of the molecule is Cc1cc(-n2c(C)cc(C(=O)COC(=O)C(C)N3C(=O)c4ccccc4C3=O)c2C)no1. The maximum atomic E-state index is 12.7. The summed E-state index contributed by atoms with van der Waals surface area (Å²) in [6.07, 6.45) is 0. The van der Waals surface area contributed by atoms with Crippen molar-refractivity contribution >= 4 is 23.6 Å². The van der Waals surface area contributed by atoms with E-state index in [9.17, 15) is 19.2 Å². The lowest BCUT2D eigenvalue weighted by Crippen LogP contribution is -2.44. The Labute approximate surface area is 183 Å². The predicted molar refractivity (Wildman–Crippen MR) is 112 cm³/mol. The number of aromatic nitrogens is 2. The van der Waals surface area contributed by atoms with Crippen LogP contribution in [0.3, 0.4) is 0 Å². The summed E-state index contributed by atoms with van der Waals surface area (Å²) in [5, 5.41) is 3.98. The van der Waals surface area contributed by atoms with E-state index in [1.54, 1.807) is 42.7 Å². The van der Waals surface area contributed by atoms with Gasteiger partial charge in [-0.2, -0.15) is 0 Å². The van der Waals surface area contributed by atoms with Crippen LogP contribution in [0.2, 0.25) is 0 Å². The zero-order chi connectivity index (χ0) is 23.2. The highest BCUT2D eigenvalue weighted by atomic mass is 16.5. The molecule has 32 heavy (non-hydrogen) atoms. The molecule has 0 saturated carbocycles. The van der Waals surface area contributed by atoms with E-state index in [-0.39, 0.29) is 11.1 Å². The Morgan fingerprint density at radius 2 is 1.69 bits per heavy atom. The molecular formula is C23H21N3O6. The first-order valence-electron chi connectivity index (χ1n) is 10.00. The van der Waals surface area contributed by atoms with Crippen molar-refractivity contribution in [2.24, 2.45) is 0 Å². The molecule has 0 spiro atoms. The van der Waals surface area contributed by atoms with Crippen LogP contribution in [0.5, 0.6) is 0 Å². The van der Waals surface area contributed by atoms with E-state index in [1.165, 1.54) is 19.1 Å². The summed E-state index contributed by atoms with van der Waals surface area (Å²) < 4.78 is 12.0. The molecule has 0 fully saturated rings. The number of esters is 1. The minimum Gasteiger partial charge on any atom is -0.456 e. The maximum Gasteiger partial charge on any atom is 0.329 e. The number of ether oxygens (including phenoxy) is 1. The van der Waals surface area contributed by atoms with E-state index >= 15 is 0 Å². The summed E-state index contributed by atoms with van der Waals surface area (Å²) in [6.45, 7) is 6.23. The fraction of sp³-hybridized carbons (Fsp3) is 0.261. The first kappa shape index (κ1) is 21.2. The second-order valence-corrected chi connectivity index (χ2v) is 7.65. The molecular weight excluding hydrogens is 414 g/mol. The Kier molecular flexibility index (Phi) is 5.25. The van der Waals surface area contributed by atoms with Crippen LogP contribution in [0, 0.1) is 20.8 Å². The van der Waals surface area contributed by atoms with Gasteiger partial charge in [0.05, 0.1) is 11.1 Å². The summed E-state index contributed by atoms with van der Waals surface area (Å²) in [6, 6.07) is 8.62. The number of hydrogen-bond donors (Lipinski definition) is 0. The van der Waals surface area contributed by atoms with Crippen molar-refractivity contribution < 1.29 is 28.4 Å². The van der Waals surface area contributed by atoms with Gasteiger partial charge in [0.15, 0.2) is 12.4 Å². The number of amides is 2. The van der Waals surface area contributed by atoms with Crippen LogP contribution in [-0.4, -0.2) is 50.8 Å². The van der Waals surface area contributed by atoms with Crippen LogP contribution in [0.1, 0.15) is 55.1 Å². The number of benzene rings is 1. The Balaban J connectivity index is 1.45. The van der Waals surface area contributed by atoms with Crippen molar-refractivity contribution in [3.05, 3.63) is 70.2 Å². The molecule has 2 aromatic heterocycles. The minimum absolute atomic E-state index is 0.240. The van der Waals surface area contributed by atoms with E-state index in [4.69, 9.17) is 9.26 Å². The van der Waals surface area contributed by atoms with E-state index in [2.05, 4.69) is 5.16 Å². The Morgan fingerprint density at radius 1 is 1.06 bits per heavy atom. The van der Waals surface area contributed by atoms with Crippen molar-refractivity contribution in [2.75, 3.05) is 6.61 Å². The molecule has 2 amide bonds. The molecule has 1 atom stereocenters. The molecule has 0 radical (unpaired) electrons. The standard InChI is InChI=1S/C23H21N3O6/c1-12-9-18(14(3)25(12)20-10-13(2)32-24-20)19(27)11-31-23(30)15(4)26-21(28)16-7-5-6-8-17(16)22(26)29/h5-10,15H,11H2,1-4H3. The number of Topliss-reactive ketones (excluding diaryl/α,β-unsaturated/α-hetero) is 1. The van der Waals surface area contributed by atoms with Crippen LogP contribution in [0.25, 0.3) is 5.82 Å². The number of nitrogens with zero attached hydrogens (tertiary/aromatic N) is 3. The van der Waals surface area contributed by atoms with Crippen molar-refractivity contribution in [3.63, 3.8) is 0 Å². The van der Waals surface area contributed by atoms with E-state index in [0.717, 1.165) is 10.6 Å². The number of carbonyl (C=O) groups is 4. The van der Waals surface area contributed by atoms with Gasteiger partial charge in [0.25, 0.3) is 11.8 Å². The topological polar surface area (TPSA) is 112 Å². The van der Waals surface area contributed by atoms with Crippen molar-refractivity contribution in [1.29, 1.82) is 0 Å². The monoisotopic (exact) mass is 435 g/mol. The molecule has 164 valence electrons. The fourth-order valence-corrected chi connectivity index (χ4v) is 3.86. The van der Waals surface area contributed by atoms with Gasteiger partial charge in [0.1, 0.15) is 11.8 Å². The van der Waals surface area contributed by atoms with Gasteiger partial charge >= 0.3 is 5.97 Å². The summed E-state index contributed by atoms with van der Waals surface area (Å²) in [7, 11) is 0. The van der Waals surface area contributed by atoms with Gasteiger partial charge in [0, 0.05) is 23.0 Å². The summed E-state index contributed by atoms with van der Waals surface area (Å²) in [5.74, 6) is -1.19. The van der Waals surface area contributed by atoms with Crippen molar-refractivity contribution in [3.8, 4) is 5.82 Å². The molecule has 1 aliphatic rings. The van der Waals surface area contributed by atoms with Gasteiger partial charge in [-0.3, -0.25) is 23.9 Å². The van der Waals surface area contributed by atoms with Crippen LogP contribution in [-0.2, 0) is 9.53 Å². The van der Waals surface area contributed by atoms with E-state index in [0.29, 0.717) is 22.8 Å². The summed E-state index contributed by atoms with van der Waals surface area (Å²) in [5.41, 5.74) is 2.26. The molecule has 0 aliphatic carbocycles. The third-order valence-corrected chi connectivity index (χ3v) is 5.48. The van der Waals surface area contributed by atoms with Gasteiger partial charge in [-0.1, -0.05) is 17.3 Å². The fourth-order valence-electron chi connectivity index (χ4n) is 3.86. The number of ketones is 1. The molecule has 3 heterocycles. The van der Waals surface area contributed by atoms with Crippen LogP contribution in [0.15, 0.2) is 40.9 Å². The molecule has 3 aromatic rings. The molecule has 0 saturated heterocycles. The van der Waals surface area contributed by atoms with Crippen LogP contribution < -0.4 is 0 Å². The largest absolute Gasteiger partial charge is 0.456 e. The lowest BCUT2D eigenvalue weighted by atomic mass is 10.1. The molecule has 1 unspecified atom stereocenters. The van der Waals surface area contributed by atoms with E-state index < -0.39 is 36.2 Å². The smallest absolute Gasteiger partial charge is 0.329 e. The van der Waals surface area contributed by atoms with Gasteiger partial charge < -0.3 is 9.26 Å². The molecule has 0 N–H and O–H groups in total. The summed E-state index contributed by atoms with van der Waals surface area (Å²) in [4.78, 5) is 51.2. The number of hydrogen-bond acceptors (Lipinski definition) is 7. The van der Waals surface area contributed by atoms with Gasteiger partial charge in [-0.05, 0) is 45.9 Å². The maximum absolute atomic E-state index is 12.7. The Bertz CT molecular complexity index is 1230. The molecule has 0 bridgehead atoms. The molecule has 9 heteroatoms. The zero-order valence-electron chi connectivity index (χ0n) is 18.0. The van der Waals surface area contributed by atoms with Crippen molar-refractivity contribution in [1.82, 2.24) is 14.6 Å².